The van der Waals surface area contributed by atoms with Gasteiger partial charge >= 0.3 is 0 Å². The third-order valence-electron chi connectivity index (χ3n) is 4.82. The number of carbonyl (C=O) groups is 1. The fourth-order valence-corrected chi connectivity index (χ4v) is 3.43. The first kappa shape index (κ1) is 21.0. The minimum absolute atomic E-state index is 0.160. The summed E-state index contributed by atoms with van der Waals surface area (Å²) in [5.74, 6) is 2.20. The van der Waals surface area contributed by atoms with E-state index >= 15 is 0 Å². The van der Waals surface area contributed by atoms with Crippen LogP contribution in [0.1, 0.15) is 47.8 Å². The van der Waals surface area contributed by atoms with Gasteiger partial charge in [-0.25, -0.2) is 0 Å². The molecular formula is C23H29NO5. The SMILES string of the molecule is CCOCc1cc(C(=O)NCc2cc3c(cc2OCC)C[C@H](C)O3)ccc1OC. The van der Waals surface area contributed by atoms with Crippen LogP contribution in [0.25, 0.3) is 0 Å². The number of ether oxygens (including phenoxy) is 4. The summed E-state index contributed by atoms with van der Waals surface area (Å²) in [5, 5.41) is 2.98. The molecule has 6 nitrogen and oxygen atoms in total. The maximum atomic E-state index is 12.7. The zero-order valence-electron chi connectivity index (χ0n) is 17.5. The quantitative estimate of drug-likeness (QED) is 0.693. The average Bonchev–Trinajstić information content (AvgIpc) is 3.09. The third kappa shape index (κ3) is 5.01. The van der Waals surface area contributed by atoms with E-state index in [1.165, 1.54) is 0 Å². The van der Waals surface area contributed by atoms with E-state index in [1.807, 2.05) is 32.9 Å². The Balaban J connectivity index is 1.74. The summed E-state index contributed by atoms with van der Waals surface area (Å²) in [7, 11) is 1.61. The van der Waals surface area contributed by atoms with E-state index in [0.29, 0.717) is 37.7 Å². The smallest absolute Gasteiger partial charge is 0.251 e. The molecule has 1 atom stereocenters. The van der Waals surface area contributed by atoms with Gasteiger partial charge in [-0.3, -0.25) is 4.79 Å². The number of hydrogen-bond donors (Lipinski definition) is 1. The molecule has 2 aromatic carbocycles. The van der Waals surface area contributed by atoms with Crippen molar-refractivity contribution in [1.29, 1.82) is 0 Å². The van der Waals surface area contributed by atoms with Crippen molar-refractivity contribution in [2.75, 3.05) is 20.3 Å². The van der Waals surface area contributed by atoms with Crippen LogP contribution in [0.3, 0.4) is 0 Å². The molecule has 0 saturated heterocycles. The zero-order chi connectivity index (χ0) is 20.8. The predicted molar refractivity (Wildman–Crippen MR) is 111 cm³/mol. The highest BCUT2D eigenvalue weighted by molar-refractivity contribution is 5.94. The topological polar surface area (TPSA) is 66.0 Å². The fraction of sp³-hybridized carbons (Fsp3) is 0.435. The van der Waals surface area contributed by atoms with Crippen LogP contribution in [0.2, 0.25) is 0 Å². The maximum absolute atomic E-state index is 12.7. The molecule has 156 valence electrons. The summed E-state index contributed by atoms with van der Waals surface area (Å²) in [5.41, 5.74) is 3.45. The molecule has 0 aromatic heterocycles. The lowest BCUT2D eigenvalue weighted by Gasteiger charge is -2.14. The van der Waals surface area contributed by atoms with Gasteiger partial charge in [-0.1, -0.05) is 0 Å². The first-order valence-corrected chi connectivity index (χ1v) is 10.0. The summed E-state index contributed by atoms with van der Waals surface area (Å²) in [6, 6.07) is 9.34. The van der Waals surface area contributed by atoms with Crippen molar-refractivity contribution in [3.05, 3.63) is 52.6 Å². The van der Waals surface area contributed by atoms with Crippen LogP contribution in [-0.4, -0.2) is 32.3 Å². The normalized spacial score (nSPS) is 14.8. The van der Waals surface area contributed by atoms with Gasteiger partial charge in [0.1, 0.15) is 23.4 Å². The molecule has 0 saturated carbocycles. The van der Waals surface area contributed by atoms with Gasteiger partial charge in [0.25, 0.3) is 5.91 Å². The molecule has 1 heterocycles. The monoisotopic (exact) mass is 399 g/mol. The van der Waals surface area contributed by atoms with Crippen LogP contribution >= 0.6 is 0 Å². The lowest BCUT2D eigenvalue weighted by Crippen LogP contribution is -2.23. The molecule has 0 unspecified atom stereocenters. The van der Waals surface area contributed by atoms with Gasteiger partial charge in [0.15, 0.2) is 0 Å². The number of hydrogen-bond acceptors (Lipinski definition) is 5. The van der Waals surface area contributed by atoms with E-state index in [4.69, 9.17) is 18.9 Å². The number of amides is 1. The second kappa shape index (κ2) is 9.65. The molecule has 2 aromatic rings. The number of methoxy groups -OCH3 is 1. The van der Waals surface area contributed by atoms with Crippen molar-refractivity contribution >= 4 is 5.91 Å². The number of benzene rings is 2. The molecule has 0 aliphatic carbocycles. The fourth-order valence-electron chi connectivity index (χ4n) is 3.43. The van der Waals surface area contributed by atoms with Gasteiger partial charge in [0.2, 0.25) is 0 Å². The van der Waals surface area contributed by atoms with Crippen LogP contribution in [-0.2, 0) is 24.3 Å². The molecule has 0 bridgehead atoms. The van der Waals surface area contributed by atoms with Crippen molar-refractivity contribution in [1.82, 2.24) is 5.32 Å². The molecular weight excluding hydrogens is 370 g/mol. The maximum Gasteiger partial charge on any atom is 0.251 e. The highest BCUT2D eigenvalue weighted by Gasteiger charge is 2.22. The Hall–Kier alpha value is -2.73. The first-order valence-electron chi connectivity index (χ1n) is 10.0. The summed E-state index contributed by atoms with van der Waals surface area (Å²) >= 11 is 0. The third-order valence-corrected chi connectivity index (χ3v) is 4.82. The molecule has 6 heteroatoms. The molecule has 0 fully saturated rings. The van der Waals surface area contributed by atoms with E-state index in [1.54, 1.807) is 25.3 Å². The highest BCUT2D eigenvalue weighted by Crippen LogP contribution is 2.35. The lowest BCUT2D eigenvalue weighted by atomic mass is 10.1. The van der Waals surface area contributed by atoms with Crippen LogP contribution in [0.15, 0.2) is 30.3 Å². The van der Waals surface area contributed by atoms with Crippen molar-refractivity contribution in [2.45, 2.75) is 46.4 Å². The van der Waals surface area contributed by atoms with Crippen molar-refractivity contribution in [3.63, 3.8) is 0 Å². The van der Waals surface area contributed by atoms with Crippen LogP contribution in [0.5, 0.6) is 17.2 Å². The van der Waals surface area contributed by atoms with Gasteiger partial charge in [-0.05, 0) is 51.1 Å². The number of carbonyl (C=O) groups excluding carboxylic acids is 1. The Kier molecular flexibility index (Phi) is 6.99. The largest absolute Gasteiger partial charge is 0.496 e. The Morgan fingerprint density at radius 1 is 1.14 bits per heavy atom. The lowest BCUT2D eigenvalue weighted by molar-refractivity contribution is 0.0950. The summed E-state index contributed by atoms with van der Waals surface area (Å²) in [6.07, 6.45) is 1.03. The minimum Gasteiger partial charge on any atom is -0.496 e. The van der Waals surface area contributed by atoms with Gasteiger partial charge in [-0.15, -0.1) is 0 Å². The summed E-state index contributed by atoms with van der Waals surface area (Å²) in [6.45, 7) is 7.84. The Labute approximate surface area is 172 Å². The summed E-state index contributed by atoms with van der Waals surface area (Å²) < 4.78 is 22.5. The van der Waals surface area contributed by atoms with Gasteiger partial charge in [-0.2, -0.15) is 0 Å². The molecule has 0 spiro atoms. The molecule has 1 N–H and O–H groups in total. The van der Waals surface area contributed by atoms with Crippen molar-refractivity contribution < 1.29 is 23.7 Å². The van der Waals surface area contributed by atoms with Gasteiger partial charge < -0.3 is 24.3 Å². The van der Waals surface area contributed by atoms with E-state index in [0.717, 1.165) is 34.6 Å². The standard InChI is InChI=1S/C23H29NO5/c1-5-27-14-19-10-16(7-8-20(19)26-4)23(25)24-13-18-12-22-17(9-15(3)29-22)11-21(18)28-6-2/h7-8,10-12,15H,5-6,9,13-14H2,1-4H3,(H,24,25)/t15-/m0/s1. The van der Waals surface area contributed by atoms with E-state index in [-0.39, 0.29) is 12.0 Å². The molecule has 3 rings (SSSR count). The Morgan fingerprint density at radius 2 is 1.97 bits per heavy atom. The number of fused-ring (bicyclic) bond motifs is 1. The second-order valence-corrected chi connectivity index (χ2v) is 6.98. The average molecular weight is 399 g/mol. The molecule has 29 heavy (non-hydrogen) atoms. The highest BCUT2D eigenvalue weighted by atomic mass is 16.5. The second-order valence-electron chi connectivity index (χ2n) is 6.98. The molecule has 1 amide bonds. The van der Waals surface area contributed by atoms with Crippen LogP contribution < -0.4 is 19.5 Å². The summed E-state index contributed by atoms with van der Waals surface area (Å²) in [4.78, 5) is 12.7. The first-order chi connectivity index (χ1) is 14.0. The number of rotatable bonds is 9. The van der Waals surface area contributed by atoms with E-state index in [2.05, 4.69) is 5.32 Å². The predicted octanol–water partition coefficient (Wildman–Crippen LogP) is 3.88. The minimum atomic E-state index is -0.164. The molecule has 1 aliphatic rings. The van der Waals surface area contributed by atoms with Gasteiger partial charge in [0.05, 0.1) is 20.3 Å². The van der Waals surface area contributed by atoms with Crippen molar-refractivity contribution in [2.24, 2.45) is 0 Å². The van der Waals surface area contributed by atoms with E-state index in [9.17, 15) is 4.79 Å². The number of nitrogens with one attached hydrogen (secondary N) is 1. The van der Waals surface area contributed by atoms with Crippen LogP contribution in [0, 0.1) is 0 Å². The van der Waals surface area contributed by atoms with Gasteiger partial charge in [0, 0.05) is 41.8 Å². The Morgan fingerprint density at radius 3 is 2.69 bits per heavy atom. The van der Waals surface area contributed by atoms with E-state index < -0.39 is 0 Å². The van der Waals surface area contributed by atoms with Crippen molar-refractivity contribution in [3.8, 4) is 17.2 Å². The Bertz CT molecular complexity index is 865. The van der Waals surface area contributed by atoms with Crippen LogP contribution in [0.4, 0.5) is 0 Å². The molecule has 0 radical (unpaired) electrons. The molecule has 1 aliphatic heterocycles. The zero-order valence-corrected chi connectivity index (χ0v) is 17.5.